The zero-order chi connectivity index (χ0) is 17.2. The fraction of sp³-hybridized carbons (Fsp3) is 0.263. The Morgan fingerprint density at radius 1 is 1.20 bits per heavy atom. The van der Waals surface area contributed by atoms with Crippen LogP contribution in [0.2, 0.25) is 0 Å². The van der Waals surface area contributed by atoms with E-state index in [1.807, 2.05) is 27.8 Å². The molecule has 1 saturated heterocycles. The summed E-state index contributed by atoms with van der Waals surface area (Å²) >= 11 is 0. The van der Waals surface area contributed by atoms with Crippen LogP contribution in [0, 0.1) is 5.82 Å². The number of carbonyl (C=O) groups excluding carboxylic acids is 1. The summed E-state index contributed by atoms with van der Waals surface area (Å²) < 4.78 is 21.2. The summed E-state index contributed by atoms with van der Waals surface area (Å²) in [5, 5.41) is 0. The average molecular weight is 339 g/mol. The minimum Gasteiger partial charge on any atom is -0.378 e. The molecule has 5 nitrogen and oxygen atoms in total. The largest absolute Gasteiger partial charge is 0.378 e. The van der Waals surface area contributed by atoms with Crippen LogP contribution in [-0.4, -0.2) is 46.7 Å². The van der Waals surface area contributed by atoms with Crippen LogP contribution in [0.15, 0.2) is 48.8 Å². The van der Waals surface area contributed by atoms with E-state index >= 15 is 0 Å². The fourth-order valence-electron chi connectivity index (χ4n) is 3.10. The van der Waals surface area contributed by atoms with Gasteiger partial charge in [-0.2, -0.15) is 0 Å². The number of nitrogens with zero attached hydrogens (tertiary/aromatic N) is 3. The van der Waals surface area contributed by atoms with Gasteiger partial charge >= 0.3 is 0 Å². The monoisotopic (exact) mass is 339 g/mol. The van der Waals surface area contributed by atoms with Gasteiger partial charge in [0.2, 0.25) is 5.91 Å². The second-order valence-electron chi connectivity index (χ2n) is 6.05. The van der Waals surface area contributed by atoms with Gasteiger partial charge in [-0.25, -0.2) is 4.39 Å². The highest BCUT2D eigenvalue weighted by Gasteiger charge is 2.18. The molecule has 0 spiro atoms. The minimum atomic E-state index is -0.286. The molecule has 25 heavy (non-hydrogen) atoms. The van der Waals surface area contributed by atoms with Crippen molar-refractivity contribution in [2.24, 2.45) is 0 Å². The van der Waals surface area contributed by atoms with Crippen LogP contribution in [0.4, 0.5) is 4.39 Å². The maximum atomic E-state index is 14.0. The number of benzene rings is 1. The van der Waals surface area contributed by atoms with Crippen molar-refractivity contribution in [2.75, 3.05) is 26.3 Å². The summed E-state index contributed by atoms with van der Waals surface area (Å²) in [6, 6.07) is 10.4. The van der Waals surface area contributed by atoms with Crippen molar-refractivity contribution < 1.29 is 13.9 Å². The molecule has 0 saturated carbocycles. The second kappa shape index (κ2) is 6.64. The van der Waals surface area contributed by atoms with Gasteiger partial charge in [0.1, 0.15) is 12.4 Å². The third-order valence-electron chi connectivity index (χ3n) is 4.47. The van der Waals surface area contributed by atoms with Gasteiger partial charge in [-0.3, -0.25) is 9.78 Å². The highest BCUT2D eigenvalue weighted by atomic mass is 19.1. The predicted octanol–water partition coefficient (Wildman–Crippen LogP) is 2.70. The van der Waals surface area contributed by atoms with E-state index in [9.17, 15) is 9.18 Å². The molecule has 1 aliphatic rings. The first-order chi connectivity index (χ1) is 12.2. The van der Waals surface area contributed by atoms with Crippen molar-refractivity contribution in [1.29, 1.82) is 0 Å². The smallest absolute Gasteiger partial charge is 0.242 e. The summed E-state index contributed by atoms with van der Waals surface area (Å²) in [5.74, 6) is -0.233. The molecule has 1 fully saturated rings. The lowest BCUT2D eigenvalue weighted by molar-refractivity contribution is -0.135. The van der Waals surface area contributed by atoms with Crippen LogP contribution >= 0.6 is 0 Å². The first-order valence-corrected chi connectivity index (χ1v) is 8.28. The summed E-state index contributed by atoms with van der Waals surface area (Å²) in [6.45, 7) is 2.65. The highest BCUT2D eigenvalue weighted by molar-refractivity contribution is 5.84. The second-order valence-corrected chi connectivity index (χ2v) is 6.05. The highest BCUT2D eigenvalue weighted by Crippen LogP contribution is 2.25. The Labute approximate surface area is 144 Å². The Morgan fingerprint density at radius 2 is 2.00 bits per heavy atom. The van der Waals surface area contributed by atoms with E-state index in [2.05, 4.69) is 4.98 Å². The van der Waals surface area contributed by atoms with E-state index in [0.717, 1.165) is 11.0 Å². The van der Waals surface area contributed by atoms with E-state index in [-0.39, 0.29) is 18.3 Å². The lowest BCUT2D eigenvalue weighted by Gasteiger charge is -2.27. The maximum Gasteiger partial charge on any atom is 0.242 e. The van der Waals surface area contributed by atoms with Crippen LogP contribution in [0.3, 0.4) is 0 Å². The third kappa shape index (κ3) is 3.13. The maximum absolute atomic E-state index is 14.0. The number of ether oxygens (including phenoxy) is 1. The molecule has 0 bridgehead atoms. The molecule has 3 heterocycles. The Morgan fingerprint density at radius 3 is 2.80 bits per heavy atom. The van der Waals surface area contributed by atoms with Gasteiger partial charge in [-0.1, -0.05) is 18.2 Å². The van der Waals surface area contributed by atoms with Crippen molar-refractivity contribution in [1.82, 2.24) is 14.5 Å². The third-order valence-corrected chi connectivity index (χ3v) is 4.47. The number of fused-ring (bicyclic) bond motifs is 1. The quantitative estimate of drug-likeness (QED) is 0.737. The van der Waals surface area contributed by atoms with E-state index in [1.165, 1.54) is 6.07 Å². The lowest BCUT2D eigenvalue weighted by atomic mass is 10.1. The molecule has 1 aromatic carbocycles. The first-order valence-electron chi connectivity index (χ1n) is 8.28. The number of amides is 1. The Bertz CT molecular complexity index is 916. The predicted molar refractivity (Wildman–Crippen MR) is 92.5 cm³/mol. The van der Waals surface area contributed by atoms with Gasteiger partial charge in [0, 0.05) is 36.6 Å². The Hall–Kier alpha value is -2.73. The van der Waals surface area contributed by atoms with E-state index in [1.54, 1.807) is 24.4 Å². The number of halogens is 1. The zero-order valence-corrected chi connectivity index (χ0v) is 13.7. The zero-order valence-electron chi connectivity index (χ0n) is 13.7. The molecule has 0 atom stereocenters. The topological polar surface area (TPSA) is 47.4 Å². The summed E-state index contributed by atoms with van der Waals surface area (Å²) in [5.41, 5.74) is 2.81. The van der Waals surface area contributed by atoms with Gasteiger partial charge in [-0.15, -0.1) is 0 Å². The van der Waals surface area contributed by atoms with Gasteiger partial charge in [0.05, 0.1) is 24.2 Å². The standard InChI is InChI=1S/C19H18FN3O2/c20-16-4-2-1-3-15(16)14-11-18-17(21-12-14)5-6-23(18)13-19(24)22-7-9-25-10-8-22/h1-6,11-12H,7-10,13H2. The normalized spacial score (nSPS) is 14.8. The number of morpholine rings is 1. The summed E-state index contributed by atoms with van der Waals surface area (Å²) in [6.07, 6.45) is 3.51. The number of pyridine rings is 1. The number of carbonyl (C=O) groups is 1. The number of aromatic nitrogens is 2. The molecule has 1 amide bonds. The minimum absolute atomic E-state index is 0.0529. The van der Waals surface area contributed by atoms with Crippen molar-refractivity contribution in [3.8, 4) is 11.1 Å². The molecule has 128 valence electrons. The van der Waals surface area contributed by atoms with Gasteiger partial charge in [0.15, 0.2) is 0 Å². The molecule has 0 unspecified atom stereocenters. The average Bonchev–Trinajstić information content (AvgIpc) is 3.05. The SMILES string of the molecule is O=C(Cn1ccc2ncc(-c3ccccc3F)cc21)N1CCOCC1. The van der Waals surface area contributed by atoms with Crippen LogP contribution in [0.5, 0.6) is 0 Å². The Balaban J connectivity index is 1.65. The van der Waals surface area contributed by atoms with Crippen LogP contribution in [-0.2, 0) is 16.1 Å². The van der Waals surface area contributed by atoms with Crippen molar-refractivity contribution in [3.05, 3.63) is 54.6 Å². The number of rotatable bonds is 3. The molecule has 0 N–H and O–H groups in total. The molecular formula is C19H18FN3O2. The van der Waals surface area contributed by atoms with Crippen LogP contribution < -0.4 is 0 Å². The van der Waals surface area contributed by atoms with Gasteiger partial charge in [0.25, 0.3) is 0 Å². The van der Waals surface area contributed by atoms with Gasteiger partial charge in [-0.05, 0) is 18.2 Å². The molecule has 0 radical (unpaired) electrons. The summed E-state index contributed by atoms with van der Waals surface area (Å²) in [4.78, 5) is 18.7. The molecule has 1 aliphatic heterocycles. The lowest BCUT2D eigenvalue weighted by Crippen LogP contribution is -2.42. The molecule has 0 aliphatic carbocycles. The van der Waals surface area contributed by atoms with Crippen molar-refractivity contribution >= 4 is 16.9 Å². The number of hydrogen-bond acceptors (Lipinski definition) is 3. The number of hydrogen-bond donors (Lipinski definition) is 0. The molecule has 3 aromatic rings. The van der Waals surface area contributed by atoms with Crippen LogP contribution in [0.1, 0.15) is 0 Å². The fourth-order valence-corrected chi connectivity index (χ4v) is 3.10. The Kier molecular flexibility index (Phi) is 4.19. The first kappa shape index (κ1) is 15.8. The van der Waals surface area contributed by atoms with Gasteiger partial charge < -0.3 is 14.2 Å². The van der Waals surface area contributed by atoms with E-state index in [0.29, 0.717) is 37.4 Å². The van der Waals surface area contributed by atoms with Crippen molar-refractivity contribution in [3.63, 3.8) is 0 Å². The summed E-state index contributed by atoms with van der Waals surface area (Å²) in [7, 11) is 0. The van der Waals surface area contributed by atoms with E-state index in [4.69, 9.17) is 4.74 Å². The van der Waals surface area contributed by atoms with Crippen molar-refractivity contribution in [2.45, 2.75) is 6.54 Å². The van der Waals surface area contributed by atoms with Crippen LogP contribution in [0.25, 0.3) is 22.2 Å². The molecular weight excluding hydrogens is 321 g/mol. The molecule has 2 aromatic heterocycles. The molecule has 6 heteroatoms. The van der Waals surface area contributed by atoms with E-state index < -0.39 is 0 Å². The molecule has 4 rings (SSSR count).